The molecule has 1 unspecified atom stereocenters. The Labute approximate surface area is 101 Å². The van der Waals surface area contributed by atoms with Crippen LogP contribution in [0.15, 0.2) is 0 Å². The monoisotopic (exact) mass is 224 g/mol. The molecule has 1 saturated carbocycles. The van der Waals surface area contributed by atoms with E-state index in [-0.39, 0.29) is 0 Å². The van der Waals surface area contributed by atoms with Crippen LogP contribution in [0.5, 0.6) is 0 Å². The molecule has 1 heterocycles. The molecule has 2 heteroatoms. The molecule has 0 amide bonds. The maximum atomic E-state index is 3.88. The topological polar surface area (TPSA) is 15.3 Å². The third kappa shape index (κ3) is 2.60. The molecule has 1 saturated heterocycles. The van der Waals surface area contributed by atoms with Crippen LogP contribution in [0.4, 0.5) is 0 Å². The molecular weight excluding hydrogens is 196 g/mol. The van der Waals surface area contributed by atoms with Crippen LogP contribution in [0.3, 0.4) is 0 Å². The first-order valence-corrected chi connectivity index (χ1v) is 7.29. The lowest BCUT2D eigenvalue weighted by Gasteiger charge is -2.46. The zero-order valence-electron chi connectivity index (χ0n) is 11.1. The summed E-state index contributed by atoms with van der Waals surface area (Å²) >= 11 is 0. The molecule has 0 bridgehead atoms. The van der Waals surface area contributed by atoms with E-state index in [1.807, 2.05) is 0 Å². The van der Waals surface area contributed by atoms with Gasteiger partial charge in [-0.15, -0.1) is 0 Å². The Bertz CT molecular complexity index is 209. The van der Waals surface area contributed by atoms with Crippen molar-refractivity contribution >= 4 is 0 Å². The van der Waals surface area contributed by atoms with Gasteiger partial charge in [0.1, 0.15) is 0 Å². The number of nitrogens with zero attached hydrogens (tertiary/aromatic N) is 1. The van der Waals surface area contributed by atoms with E-state index in [2.05, 4.69) is 24.1 Å². The van der Waals surface area contributed by atoms with Crippen molar-refractivity contribution in [3.63, 3.8) is 0 Å². The standard InChI is InChI=1S/C14H28N2/c1-3-7-13-11-15-14(8-5-6-9-14)12-16(13)10-4-2/h13,15H,3-12H2,1-2H3. The molecule has 2 fully saturated rings. The van der Waals surface area contributed by atoms with Gasteiger partial charge in [-0.25, -0.2) is 0 Å². The lowest BCUT2D eigenvalue weighted by atomic mass is 9.91. The molecule has 1 N–H and O–H groups in total. The second kappa shape index (κ2) is 5.50. The summed E-state index contributed by atoms with van der Waals surface area (Å²) in [4.78, 5) is 2.77. The second-order valence-electron chi connectivity index (χ2n) is 5.78. The average molecular weight is 224 g/mol. The molecule has 0 aromatic heterocycles. The molecule has 0 aromatic rings. The summed E-state index contributed by atoms with van der Waals surface area (Å²) < 4.78 is 0. The minimum atomic E-state index is 0.499. The minimum absolute atomic E-state index is 0.499. The van der Waals surface area contributed by atoms with Crippen LogP contribution in [0.2, 0.25) is 0 Å². The van der Waals surface area contributed by atoms with Gasteiger partial charge < -0.3 is 5.32 Å². The van der Waals surface area contributed by atoms with E-state index in [0.717, 1.165) is 6.04 Å². The van der Waals surface area contributed by atoms with Gasteiger partial charge in [0.25, 0.3) is 0 Å². The molecule has 16 heavy (non-hydrogen) atoms. The van der Waals surface area contributed by atoms with E-state index in [1.54, 1.807) is 0 Å². The van der Waals surface area contributed by atoms with Gasteiger partial charge in [0.05, 0.1) is 0 Å². The van der Waals surface area contributed by atoms with E-state index in [9.17, 15) is 0 Å². The Morgan fingerprint density at radius 1 is 1.19 bits per heavy atom. The highest BCUT2D eigenvalue weighted by atomic mass is 15.3. The molecule has 1 aliphatic heterocycles. The number of hydrogen-bond acceptors (Lipinski definition) is 2. The zero-order chi connectivity index (χ0) is 11.4. The zero-order valence-corrected chi connectivity index (χ0v) is 11.1. The Hall–Kier alpha value is -0.0800. The van der Waals surface area contributed by atoms with Crippen LogP contribution in [-0.4, -0.2) is 36.1 Å². The van der Waals surface area contributed by atoms with Gasteiger partial charge in [-0.2, -0.15) is 0 Å². The molecular formula is C14H28N2. The molecule has 1 atom stereocenters. The average Bonchev–Trinajstić information content (AvgIpc) is 2.72. The van der Waals surface area contributed by atoms with Crippen molar-refractivity contribution in [2.24, 2.45) is 0 Å². The molecule has 2 nitrogen and oxygen atoms in total. The van der Waals surface area contributed by atoms with Crippen LogP contribution >= 0.6 is 0 Å². The SMILES string of the molecule is CCCC1CNC2(CCCC2)CN1CCC. The highest BCUT2D eigenvalue weighted by Gasteiger charge is 2.40. The highest BCUT2D eigenvalue weighted by Crippen LogP contribution is 2.33. The molecule has 0 radical (unpaired) electrons. The van der Waals surface area contributed by atoms with Gasteiger partial charge in [0.2, 0.25) is 0 Å². The van der Waals surface area contributed by atoms with Crippen molar-refractivity contribution in [3.8, 4) is 0 Å². The third-order valence-corrected chi connectivity index (χ3v) is 4.43. The molecule has 1 aliphatic carbocycles. The fraction of sp³-hybridized carbons (Fsp3) is 1.00. The summed E-state index contributed by atoms with van der Waals surface area (Å²) in [5.74, 6) is 0. The number of nitrogens with one attached hydrogen (secondary N) is 1. The first-order valence-electron chi connectivity index (χ1n) is 7.29. The summed E-state index contributed by atoms with van der Waals surface area (Å²) in [6.07, 6.45) is 9.67. The van der Waals surface area contributed by atoms with E-state index >= 15 is 0 Å². The van der Waals surface area contributed by atoms with Gasteiger partial charge in [0, 0.05) is 24.7 Å². The second-order valence-corrected chi connectivity index (χ2v) is 5.78. The molecule has 0 aromatic carbocycles. The Morgan fingerprint density at radius 2 is 1.94 bits per heavy atom. The summed E-state index contributed by atoms with van der Waals surface area (Å²) in [7, 11) is 0. The Kier molecular flexibility index (Phi) is 4.26. The van der Waals surface area contributed by atoms with Gasteiger partial charge >= 0.3 is 0 Å². The first kappa shape index (κ1) is 12.4. The van der Waals surface area contributed by atoms with Crippen molar-refractivity contribution in [2.45, 2.75) is 70.4 Å². The maximum Gasteiger partial charge on any atom is 0.0309 e. The van der Waals surface area contributed by atoms with Gasteiger partial charge in [-0.05, 0) is 32.2 Å². The lowest BCUT2D eigenvalue weighted by Crippen LogP contribution is -2.63. The quantitative estimate of drug-likeness (QED) is 0.790. The smallest absolute Gasteiger partial charge is 0.0309 e. The van der Waals surface area contributed by atoms with Crippen LogP contribution in [-0.2, 0) is 0 Å². The van der Waals surface area contributed by atoms with Gasteiger partial charge in [-0.1, -0.05) is 33.1 Å². The van der Waals surface area contributed by atoms with Crippen molar-refractivity contribution in [3.05, 3.63) is 0 Å². The number of hydrogen-bond donors (Lipinski definition) is 1. The fourth-order valence-corrected chi connectivity index (χ4v) is 3.59. The van der Waals surface area contributed by atoms with Crippen molar-refractivity contribution in [1.29, 1.82) is 0 Å². The summed E-state index contributed by atoms with van der Waals surface area (Å²) in [5, 5.41) is 3.88. The fourth-order valence-electron chi connectivity index (χ4n) is 3.59. The van der Waals surface area contributed by atoms with Crippen molar-refractivity contribution in [1.82, 2.24) is 10.2 Å². The molecule has 1 spiro atoms. The van der Waals surface area contributed by atoms with Crippen LogP contribution in [0, 0.1) is 0 Å². The summed E-state index contributed by atoms with van der Waals surface area (Å²) in [6, 6.07) is 0.802. The minimum Gasteiger partial charge on any atom is -0.308 e. The number of piperazine rings is 1. The lowest BCUT2D eigenvalue weighted by molar-refractivity contribution is 0.0756. The summed E-state index contributed by atoms with van der Waals surface area (Å²) in [6.45, 7) is 8.46. The first-order chi connectivity index (χ1) is 7.79. The van der Waals surface area contributed by atoms with E-state index in [4.69, 9.17) is 0 Å². The molecule has 94 valence electrons. The molecule has 2 rings (SSSR count). The van der Waals surface area contributed by atoms with Crippen molar-refractivity contribution < 1.29 is 0 Å². The normalized spacial score (nSPS) is 30.0. The predicted molar refractivity (Wildman–Crippen MR) is 69.8 cm³/mol. The Morgan fingerprint density at radius 3 is 2.56 bits per heavy atom. The summed E-state index contributed by atoms with van der Waals surface area (Å²) in [5.41, 5.74) is 0.499. The van der Waals surface area contributed by atoms with Crippen LogP contribution < -0.4 is 5.32 Å². The number of rotatable bonds is 4. The molecule has 2 aliphatic rings. The van der Waals surface area contributed by atoms with Crippen LogP contribution in [0.1, 0.15) is 58.8 Å². The predicted octanol–water partition coefficient (Wildman–Crippen LogP) is 2.78. The maximum absolute atomic E-state index is 3.88. The highest BCUT2D eigenvalue weighted by molar-refractivity contribution is 5.00. The Balaban J connectivity index is 1.96. The van der Waals surface area contributed by atoms with Gasteiger partial charge in [0.15, 0.2) is 0 Å². The van der Waals surface area contributed by atoms with E-state index in [0.29, 0.717) is 5.54 Å². The third-order valence-electron chi connectivity index (χ3n) is 4.43. The van der Waals surface area contributed by atoms with Gasteiger partial charge in [-0.3, -0.25) is 4.90 Å². The largest absolute Gasteiger partial charge is 0.308 e. The van der Waals surface area contributed by atoms with Crippen molar-refractivity contribution in [2.75, 3.05) is 19.6 Å². The van der Waals surface area contributed by atoms with E-state index < -0.39 is 0 Å². The van der Waals surface area contributed by atoms with E-state index in [1.165, 1.54) is 64.6 Å². The van der Waals surface area contributed by atoms with Crippen LogP contribution in [0.25, 0.3) is 0 Å².